The molecule has 2 aromatic rings. The third kappa shape index (κ3) is 3.84. The third-order valence-corrected chi connectivity index (χ3v) is 1.62. The third-order valence-electron chi connectivity index (χ3n) is 1.62. The number of benzene rings is 1. The first-order valence-corrected chi connectivity index (χ1v) is 4.34. The molecule has 0 saturated carbocycles. The van der Waals surface area contributed by atoms with Crippen LogP contribution in [0.15, 0.2) is 36.7 Å². The van der Waals surface area contributed by atoms with E-state index in [1.165, 1.54) is 6.33 Å². The zero-order valence-corrected chi connectivity index (χ0v) is 8.19. The van der Waals surface area contributed by atoms with Gasteiger partial charge in [0.15, 0.2) is 12.4 Å². The molecule has 0 aliphatic heterocycles. The van der Waals surface area contributed by atoms with Crippen molar-refractivity contribution in [1.82, 2.24) is 20.6 Å². The Morgan fingerprint density at radius 1 is 1.31 bits per heavy atom. The van der Waals surface area contributed by atoms with Gasteiger partial charge in [-0.1, -0.05) is 35.5 Å². The summed E-state index contributed by atoms with van der Waals surface area (Å²) in [5.74, 6) is -1.23. The number of aliphatic carboxylic acids is 1. The van der Waals surface area contributed by atoms with Crippen LogP contribution < -0.4 is 0 Å². The summed E-state index contributed by atoms with van der Waals surface area (Å²) in [6.07, 6.45) is -0.0730. The topological polar surface area (TPSA) is 112 Å². The van der Waals surface area contributed by atoms with Crippen LogP contribution in [0.2, 0.25) is 0 Å². The van der Waals surface area contributed by atoms with Crippen LogP contribution in [0, 0.1) is 0 Å². The number of aliphatic hydroxyl groups excluding tert-OH is 1. The average Bonchev–Trinajstić information content (AvgIpc) is 2.88. The second-order valence-electron chi connectivity index (χ2n) is 2.71. The van der Waals surface area contributed by atoms with Crippen molar-refractivity contribution < 1.29 is 15.0 Å². The Labute approximate surface area is 90.7 Å². The molecular weight excluding hydrogens is 212 g/mol. The lowest BCUT2D eigenvalue weighted by atomic mass is 10.1. The van der Waals surface area contributed by atoms with Gasteiger partial charge in [-0.2, -0.15) is 5.21 Å². The summed E-state index contributed by atoms with van der Waals surface area (Å²) in [5.41, 5.74) is 0.403. The molecule has 2 rings (SSSR count). The van der Waals surface area contributed by atoms with E-state index in [0.717, 1.165) is 0 Å². The van der Waals surface area contributed by atoms with Crippen LogP contribution in [0.25, 0.3) is 0 Å². The summed E-state index contributed by atoms with van der Waals surface area (Å²) in [6.45, 7) is 0. The maximum absolute atomic E-state index is 10.2. The Morgan fingerprint density at radius 2 is 2.00 bits per heavy atom. The van der Waals surface area contributed by atoms with E-state index in [1.54, 1.807) is 30.3 Å². The highest BCUT2D eigenvalue weighted by atomic mass is 16.4. The molecule has 0 radical (unpaired) electrons. The smallest absolute Gasteiger partial charge is 0.337 e. The first kappa shape index (κ1) is 11.8. The van der Waals surface area contributed by atoms with Crippen molar-refractivity contribution in [1.29, 1.82) is 0 Å². The number of hydrogen-bond acceptors (Lipinski definition) is 5. The highest BCUT2D eigenvalue weighted by molar-refractivity contribution is 5.73. The lowest BCUT2D eigenvalue weighted by Gasteiger charge is -2.03. The van der Waals surface area contributed by atoms with Gasteiger partial charge in [0.25, 0.3) is 0 Å². The SMILES string of the molecule is O=C(O)C(O)c1ccccc1.c1nn[nH]n1. The number of carbonyl (C=O) groups is 1. The lowest BCUT2D eigenvalue weighted by molar-refractivity contribution is -0.146. The van der Waals surface area contributed by atoms with Gasteiger partial charge in [0.05, 0.1) is 0 Å². The van der Waals surface area contributed by atoms with Gasteiger partial charge in [-0.3, -0.25) is 0 Å². The summed E-state index contributed by atoms with van der Waals surface area (Å²) in [6, 6.07) is 8.26. The largest absolute Gasteiger partial charge is 0.479 e. The molecule has 0 aliphatic carbocycles. The molecule has 7 heteroatoms. The molecule has 0 amide bonds. The maximum atomic E-state index is 10.2. The number of aliphatic hydroxyl groups is 1. The number of carboxylic acids is 1. The average molecular weight is 222 g/mol. The maximum Gasteiger partial charge on any atom is 0.337 e. The molecule has 0 spiro atoms. The second-order valence-corrected chi connectivity index (χ2v) is 2.71. The van der Waals surface area contributed by atoms with Gasteiger partial charge in [-0.05, 0) is 5.56 Å². The van der Waals surface area contributed by atoms with Crippen LogP contribution >= 0.6 is 0 Å². The normalized spacial score (nSPS) is 11.1. The predicted molar refractivity (Wildman–Crippen MR) is 53.2 cm³/mol. The molecular formula is C9H10N4O3. The standard InChI is InChI=1S/C8H8O3.CH2N4/c9-7(8(10)11)6-4-2-1-3-5-6;1-2-4-5-3-1/h1-5,7,9H,(H,10,11);1H,(H,2,3,4,5). The van der Waals surface area contributed by atoms with Gasteiger partial charge >= 0.3 is 5.97 Å². The molecule has 16 heavy (non-hydrogen) atoms. The van der Waals surface area contributed by atoms with Crippen LogP contribution in [0.5, 0.6) is 0 Å². The predicted octanol–water partition coefficient (Wildman–Crippen LogP) is 0.00430. The lowest BCUT2D eigenvalue weighted by Crippen LogP contribution is -2.09. The van der Waals surface area contributed by atoms with E-state index in [-0.39, 0.29) is 0 Å². The fourth-order valence-corrected chi connectivity index (χ4v) is 0.907. The number of rotatable bonds is 2. The van der Waals surface area contributed by atoms with E-state index in [2.05, 4.69) is 20.6 Å². The highest BCUT2D eigenvalue weighted by Gasteiger charge is 2.14. The molecule has 0 saturated heterocycles. The summed E-state index contributed by atoms with van der Waals surface area (Å²) in [5, 5.41) is 29.6. The number of aromatic nitrogens is 4. The molecule has 1 aromatic carbocycles. The van der Waals surface area contributed by atoms with Crippen molar-refractivity contribution in [3.05, 3.63) is 42.2 Å². The Hall–Kier alpha value is -2.28. The molecule has 3 N–H and O–H groups in total. The summed E-state index contributed by atoms with van der Waals surface area (Å²) < 4.78 is 0. The molecule has 1 unspecified atom stereocenters. The van der Waals surface area contributed by atoms with E-state index in [0.29, 0.717) is 5.56 Å². The Bertz CT molecular complexity index is 387. The number of hydrogen-bond donors (Lipinski definition) is 3. The Balaban J connectivity index is 0.000000212. The van der Waals surface area contributed by atoms with Gasteiger partial charge < -0.3 is 10.2 Å². The van der Waals surface area contributed by atoms with Gasteiger partial charge in [0.2, 0.25) is 0 Å². The van der Waals surface area contributed by atoms with Gasteiger partial charge in [-0.25, -0.2) is 4.79 Å². The number of carboxylic acid groups (broad SMARTS) is 1. The molecule has 84 valence electrons. The van der Waals surface area contributed by atoms with Crippen LogP contribution in [0.3, 0.4) is 0 Å². The van der Waals surface area contributed by atoms with Crippen LogP contribution in [0.1, 0.15) is 11.7 Å². The summed E-state index contributed by atoms with van der Waals surface area (Å²) >= 11 is 0. The van der Waals surface area contributed by atoms with Crippen molar-refractivity contribution in [2.24, 2.45) is 0 Å². The number of nitrogens with zero attached hydrogens (tertiary/aromatic N) is 3. The minimum absolute atomic E-state index is 0.403. The molecule has 7 nitrogen and oxygen atoms in total. The number of aromatic amines is 1. The van der Waals surface area contributed by atoms with Crippen LogP contribution in [-0.4, -0.2) is 36.8 Å². The number of tetrazole rings is 1. The minimum Gasteiger partial charge on any atom is -0.479 e. The Morgan fingerprint density at radius 3 is 2.38 bits per heavy atom. The zero-order chi connectivity index (χ0) is 11.8. The summed E-state index contributed by atoms with van der Waals surface area (Å²) in [7, 11) is 0. The van der Waals surface area contributed by atoms with Crippen LogP contribution in [0.4, 0.5) is 0 Å². The first-order chi connectivity index (χ1) is 7.72. The zero-order valence-electron chi connectivity index (χ0n) is 8.19. The Kier molecular flexibility index (Phi) is 4.61. The van der Waals surface area contributed by atoms with Crippen molar-refractivity contribution >= 4 is 5.97 Å². The fraction of sp³-hybridized carbons (Fsp3) is 0.111. The second kappa shape index (κ2) is 6.25. The highest BCUT2D eigenvalue weighted by Crippen LogP contribution is 2.10. The number of H-pyrrole nitrogens is 1. The monoisotopic (exact) mass is 222 g/mol. The van der Waals surface area contributed by atoms with Crippen molar-refractivity contribution in [3.63, 3.8) is 0 Å². The van der Waals surface area contributed by atoms with Gasteiger partial charge in [0.1, 0.15) is 0 Å². The first-order valence-electron chi connectivity index (χ1n) is 4.34. The molecule has 1 atom stereocenters. The van der Waals surface area contributed by atoms with E-state index >= 15 is 0 Å². The van der Waals surface area contributed by atoms with E-state index in [9.17, 15) is 4.79 Å². The van der Waals surface area contributed by atoms with E-state index in [1.807, 2.05) is 0 Å². The van der Waals surface area contributed by atoms with E-state index < -0.39 is 12.1 Å². The fourth-order valence-electron chi connectivity index (χ4n) is 0.907. The van der Waals surface area contributed by atoms with E-state index in [4.69, 9.17) is 10.2 Å². The quantitative estimate of drug-likeness (QED) is 0.659. The van der Waals surface area contributed by atoms with Crippen LogP contribution in [-0.2, 0) is 4.79 Å². The minimum atomic E-state index is -1.41. The molecule has 1 heterocycles. The number of nitrogens with one attached hydrogen (secondary N) is 1. The van der Waals surface area contributed by atoms with Gasteiger partial charge in [-0.15, -0.1) is 10.2 Å². The van der Waals surface area contributed by atoms with Crippen molar-refractivity contribution in [2.75, 3.05) is 0 Å². The van der Waals surface area contributed by atoms with Crippen molar-refractivity contribution in [2.45, 2.75) is 6.10 Å². The van der Waals surface area contributed by atoms with Gasteiger partial charge in [0, 0.05) is 0 Å². The van der Waals surface area contributed by atoms with Crippen molar-refractivity contribution in [3.8, 4) is 0 Å². The molecule has 1 aromatic heterocycles. The summed E-state index contributed by atoms with van der Waals surface area (Å²) in [4.78, 5) is 10.2. The molecule has 0 bridgehead atoms. The molecule has 0 fully saturated rings. The molecule has 0 aliphatic rings.